The molecule has 0 bridgehead atoms. The molecule has 1 aliphatic rings. The highest BCUT2D eigenvalue weighted by Crippen LogP contribution is 2.27. The maximum atomic E-state index is 12.1. The number of carbonyl (C=O) groups is 1. The van der Waals surface area contributed by atoms with E-state index >= 15 is 0 Å². The van der Waals surface area contributed by atoms with Crippen molar-refractivity contribution < 1.29 is 9.53 Å². The zero-order chi connectivity index (χ0) is 16.8. The molecule has 1 amide bonds. The van der Waals surface area contributed by atoms with E-state index in [0.29, 0.717) is 12.3 Å². The molecule has 0 spiro atoms. The number of nitrogens with zero attached hydrogens (tertiary/aromatic N) is 1. The normalized spacial score (nSPS) is 16.0. The van der Waals surface area contributed by atoms with Gasteiger partial charge in [0.05, 0.1) is 6.04 Å². The molecule has 128 valence electrons. The highest BCUT2D eigenvalue weighted by atomic mass is 79.9. The monoisotopic (exact) mass is 408 g/mol. The Labute approximate surface area is 154 Å². The fraction of sp³-hybridized carbons (Fsp3) is 0.389. The molecule has 1 aromatic heterocycles. The highest BCUT2D eigenvalue weighted by Gasteiger charge is 2.24. The van der Waals surface area contributed by atoms with Gasteiger partial charge >= 0.3 is 0 Å². The van der Waals surface area contributed by atoms with Crippen LogP contribution in [0.5, 0.6) is 5.75 Å². The number of carbonyl (C=O) groups excluding carboxylic acids is 1. The summed E-state index contributed by atoms with van der Waals surface area (Å²) in [7, 11) is 0. The molecular weight excluding hydrogens is 388 g/mol. The Balaban J connectivity index is 1.51. The van der Waals surface area contributed by atoms with Gasteiger partial charge in [0.25, 0.3) is 5.91 Å². The van der Waals surface area contributed by atoms with Crippen molar-refractivity contribution >= 4 is 33.2 Å². The van der Waals surface area contributed by atoms with Gasteiger partial charge in [0.1, 0.15) is 5.75 Å². The molecule has 0 aliphatic carbocycles. The van der Waals surface area contributed by atoms with E-state index < -0.39 is 0 Å². The lowest BCUT2D eigenvalue weighted by Gasteiger charge is -2.26. The maximum absolute atomic E-state index is 12.1. The second-order valence-electron chi connectivity index (χ2n) is 5.82. The van der Waals surface area contributed by atoms with E-state index in [1.54, 1.807) is 11.3 Å². The summed E-state index contributed by atoms with van der Waals surface area (Å²) in [6.45, 7) is 2.87. The van der Waals surface area contributed by atoms with Crippen molar-refractivity contribution in [3.63, 3.8) is 0 Å². The lowest BCUT2D eigenvalue weighted by Crippen LogP contribution is -2.38. The van der Waals surface area contributed by atoms with Crippen LogP contribution in [0, 0.1) is 0 Å². The molecule has 2 aromatic rings. The summed E-state index contributed by atoms with van der Waals surface area (Å²) in [5, 5.41) is 5.12. The number of amides is 1. The number of ether oxygens (including phenoxy) is 1. The fourth-order valence-corrected chi connectivity index (χ4v) is 4.15. The zero-order valence-electron chi connectivity index (χ0n) is 13.4. The van der Waals surface area contributed by atoms with Gasteiger partial charge in [-0.2, -0.15) is 0 Å². The first-order chi connectivity index (χ1) is 11.7. The van der Waals surface area contributed by atoms with Crippen molar-refractivity contribution in [1.82, 2.24) is 10.2 Å². The first-order valence-corrected chi connectivity index (χ1v) is 9.82. The fourth-order valence-electron chi connectivity index (χ4n) is 2.91. The van der Waals surface area contributed by atoms with Crippen LogP contribution in [0.2, 0.25) is 0 Å². The summed E-state index contributed by atoms with van der Waals surface area (Å²) in [6.07, 6.45) is 2.48. The van der Waals surface area contributed by atoms with Gasteiger partial charge in [0.15, 0.2) is 6.61 Å². The van der Waals surface area contributed by atoms with Gasteiger partial charge in [-0.25, -0.2) is 0 Å². The maximum Gasteiger partial charge on any atom is 0.258 e. The first kappa shape index (κ1) is 17.5. The predicted molar refractivity (Wildman–Crippen MR) is 101 cm³/mol. The molecule has 1 aromatic carbocycles. The Bertz CT molecular complexity index is 657. The van der Waals surface area contributed by atoms with Gasteiger partial charge in [0, 0.05) is 15.9 Å². The summed E-state index contributed by atoms with van der Waals surface area (Å²) in [4.78, 5) is 15.9. The Morgan fingerprint density at radius 1 is 1.29 bits per heavy atom. The summed E-state index contributed by atoms with van der Waals surface area (Å²) >= 11 is 5.15. The number of likely N-dealkylation sites (tertiary alicyclic amines) is 1. The van der Waals surface area contributed by atoms with Crippen LogP contribution >= 0.6 is 27.3 Å². The van der Waals surface area contributed by atoms with E-state index in [4.69, 9.17) is 4.74 Å². The molecule has 1 aliphatic heterocycles. The molecule has 4 nitrogen and oxygen atoms in total. The van der Waals surface area contributed by atoms with Gasteiger partial charge < -0.3 is 10.1 Å². The molecule has 2 heterocycles. The minimum Gasteiger partial charge on any atom is -0.484 e. The standard InChI is InChI=1S/C18H21BrN2O2S/c19-14-5-3-6-15(11-14)23-13-18(22)20-12-16(17-7-4-10-24-17)21-8-1-2-9-21/h3-7,10-11,16H,1-2,8-9,12-13H2,(H,20,22). The minimum absolute atomic E-state index is 0.0353. The van der Waals surface area contributed by atoms with E-state index in [2.05, 4.69) is 43.7 Å². The smallest absolute Gasteiger partial charge is 0.258 e. The van der Waals surface area contributed by atoms with E-state index in [1.807, 2.05) is 24.3 Å². The predicted octanol–water partition coefficient (Wildman–Crippen LogP) is 3.84. The van der Waals surface area contributed by atoms with Gasteiger partial charge in [-0.05, 0) is 55.6 Å². The minimum atomic E-state index is -0.0873. The van der Waals surface area contributed by atoms with Crippen molar-refractivity contribution in [2.75, 3.05) is 26.2 Å². The average molecular weight is 409 g/mol. The van der Waals surface area contributed by atoms with E-state index in [0.717, 1.165) is 17.6 Å². The van der Waals surface area contributed by atoms with Crippen LogP contribution in [0.25, 0.3) is 0 Å². The molecule has 1 N–H and O–H groups in total. The highest BCUT2D eigenvalue weighted by molar-refractivity contribution is 9.10. The van der Waals surface area contributed by atoms with Crippen molar-refractivity contribution in [1.29, 1.82) is 0 Å². The summed E-state index contributed by atoms with van der Waals surface area (Å²) in [5.74, 6) is 0.601. The van der Waals surface area contributed by atoms with Gasteiger partial charge in [-0.1, -0.05) is 28.1 Å². The first-order valence-electron chi connectivity index (χ1n) is 8.15. The second kappa shape index (κ2) is 8.65. The largest absolute Gasteiger partial charge is 0.484 e. The molecule has 1 unspecified atom stereocenters. The summed E-state index contributed by atoms with van der Waals surface area (Å²) < 4.78 is 6.48. The Morgan fingerprint density at radius 2 is 2.12 bits per heavy atom. The number of benzene rings is 1. The van der Waals surface area contributed by atoms with Crippen LogP contribution in [0.15, 0.2) is 46.3 Å². The van der Waals surface area contributed by atoms with Crippen LogP contribution in [-0.2, 0) is 4.79 Å². The Morgan fingerprint density at radius 3 is 2.83 bits per heavy atom. The number of hydrogen-bond acceptors (Lipinski definition) is 4. The Kier molecular flexibility index (Phi) is 6.29. The lowest BCUT2D eigenvalue weighted by molar-refractivity contribution is -0.123. The number of hydrogen-bond donors (Lipinski definition) is 1. The molecule has 3 rings (SSSR count). The van der Waals surface area contributed by atoms with Gasteiger partial charge in [-0.3, -0.25) is 9.69 Å². The van der Waals surface area contributed by atoms with Crippen molar-refractivity contribution in [2.24, 2.45) is 0 Å². The molecule has 6 heteroatoms. The van der Waals surface area contributed by atoms with Crippen molar-refractivity contribution in [2.45, 2.75) is 18.9 Å². The number of nitrogens with one attached hydrogen (secondary N) is 1. The molecular formula is C18H21BrN2O2S. The Hall–Kier alpha value is -1.37. The zero-order valence-corrected chi connectivity index (χ0v) is 15.8. The molecule has 0 radical (unpaired) electrons. The number of halogens is 1. The third-order valence-corrected chi connectivity index (χ3v) is 5.58. The quantitative estimate of drug-likeness (QED) is 0.756. The SMILES string of the molecule is O=C(COc1cccc(Br)c1)NCC(c1cccs1)N1CCCC1. The lowest BCUT2D eigenvalue weighted by atomic mass is 10.2. The topological polar surface area (TPSA) is 41.6 Å². The molecule has 0 saturated carbocycles. The average Bonchev–Trinajstić information content (AvgIpc) is 3.27. The molecule has 1 atom stereocenters. The van der Waals surface area contributed by atoms with Crippen LogP contribution in [0.3, 0.4) is 0 Å². The van der Waals surface area contributed by atoms with Crippen LogP contribution < -0.4 is 10.1 Å². The third kappa shape index (κ3) is 4.82. The van der Waals surface area contributed by atoms with Crippen LogP contribution in [0.4, 0.5) is 0 Å². The molecule has 24 heavy (non-hydrogen) atoms. The van der Waals surface area contributed by atoms with E-state index in [1.165, 1.54) is 17.7 Å². The van der Waals surface area contributed by atoms with E-state index in [-0.39, 0.29) is 18.6 Å². The number of thiophene rings is 1. The van der Waals surface area contributed by atoms with Crippen molar-refractivity contribution in [3.05, 3.63) is 51.1 Å². The van der Waals surface area contributed by atoms with Gasteiger partial charge in [0.2, 0.25) is 0 Å². The van der Waals surface area contributed by atoms with Crippen LogP contribution in [0.1, 0.15) is 23.8 Å². The second-order valence-corrected chi connectivity index (χ2v) is 7.72. The third-order valence-electron chi connectivity index (χ3n) is 4.11. The van der Waals surface area contributed by atoms with Crippen molar-refractivity contribution in [3.8, 4) is 5.75 Å². The molecule has 1 fully saturated rings. The number of rotatable bonds is 7. The van der Waals surface area contributed by atoms with Gasteiger partial charge in [-0.15, -0.1) is 11.3 Å². The van der Waals surface area contributed by atoms with Crippen LogP contribution in [-0.4, -0.2) is 37.0 Å². The summed E-state index contributed by atoms with van der Waals surface area (Å²) in [5.41, 5.74) is 0. The van der Waals surface area contributed by atoms with E-state index in [9.17, 15) is 4.79 Å². The summed E-state index contributed by atoms with van der Waals surface area (Å²) in [6, 6.07) is 12.0. The molecule has 1 saturated heterocycles.